The molecule has 0 aromatic heterocycles. The lowest BCUT2D eigenvalue weighted by molar-refractivity contribution is -0.119. The molecule has 0 radical (unpaired) electrons. The van der Waals surface area contributed by atoms with Gasteiger partial charge >= 0.3 is 0 Å². The first kappa shape index (κ1) is 29.2. The average molecular weight is 569 g/mol. The first-order valence-electron chi connectivity index (χ1n) is 13.0. The van der Waals surface area contributed by atoms with Gasteiger partial charge in [0, 0.05) is 11.3 Å². The van der Waals surface area contributed by atoms with Gasteiger partial charge < -0.3 is 5.32 Å². The highest BCUT2D eigenvalue weighted by Gasteiger charge is 2.27. The van der Waals surface area contributed by atoms with Crippen LogP contribution >= 0.6 is 0 Å². The van der Waals surface area contributed by atoms with Gasteiger partial charge in [-0.3, -0.25) is 13.9 Å². The molecule has 4 rings (SSSR count). The molecule has 0 unspecified atom stereocenters. The van der Waals surface area contributed by atoms with Crippen molar-refractivity contribution in [3.8, 4) is 0 Å². The van der Waals surface area contributed by atoms with Crippen LogP contribution in [0.1, 0.15) is 39.5 Å². The minimum absolute atomic E-state index is 0.0871. The predicted molar refractivity (Wildman–Crippen MR) is 163 cm³/mol. The van der Waals surface area contributed by atoms with Crippen LogP contribution in [0, 0.1) is 20.8 Å². The fourth-order valence-electron chi connectivity index (χ4n) is 4.24. The third kappa shape index (κ3) is 7.46. The molecule has 0 aliphatic carbocycles. The maximum Gasteiger partial charge on any atom is 0.264 e. The molecule has 9 heteroatoms. The normalized spacial score (nSPS) is 11.6. The Bertz CT molecular complexity index is 1680. The molecule has 4 aromatic carbocycles. The minimum Gasteiger partial charge on any atom is -0.322 e. The van der Waals surface area contributed by atoms with E-state index in [-0.39, 0.29) is 10.8 Å². The molecule has 0 aliphatic heterocycles. The van der Waals surface area contributed by atoms with Crippen molar-refractivity contribution in [2.75, 3.05) is 16.2 Å². The number of hydrogen-bond acceptors (Lipinski definition) is 5. The molecular formula is C32H32N4O4S. The van der Waals surface area contributed by atoms with Crippen molar-refractivity contribution in [3.05, 3.63) is 125 Å². The van der Waals surface area contributed by atoms with E-state index < -0.39 is 22.5 Å². The van der Waals surface area contributed by atoms with E-state index >= 15 is 0 Å². The highest BCUT2D eigenvalue weighted by Crippen LogP contribution is 2.26. The number of hydrazone groups is 1. The lowest BCUT2D eigenvalue weighted by atomic mass is 10.1. The molecule has 2 N–H and O–H groups in total. The number of aryl methyl sites for hydroxylation is 3. The second kappa shape index (κ2) is 12.6. The lowest BCUT2D eigenvalue weighted by Crippen LogP contribution is -2.39. The maximum absolute atomic E-state index is 13.7. The quantitative estimate of drug-likeness (QED) is 0.202. The smallest absolute Gasteiger partial charge is 0.264 e. The van der Waals surface area contributed by atoms with E-state index in [0.717, 1.165) is 21.0 Å². The van der Waals surface area contributed by atoms with Crippen molar-refractivity contribution in [3.63, 3.8) is 0 Å². The maximum atomic E-state index is 13.7. The van der Waals surface area contributed by atoms with E-state index in [1.165, 1.54) is 12.1 Å². The van der Waals surface area contributed by atoms with Gasteiger partial charge in [-0.2, -0.15) is 5.10 Å². The standard InChI is InChI=1S/C32H32N4O4S/c1-22-13-15-30(16-14-22)41(39,40)36(29-18-23(2)17-24(3)19-29)21-31(37)35-34-25(4)27-11-8-12-28(20-27)33-32(38)26-9-6-5-7-10-26/h5-20H,21H2,1-4H3,(H,33,38)(H,35,37)/b34-25-. The monoisotopic (exact) mass is 568 g/mol. The SMILES string of the molecule is C/C(=N/NC(=O)CN(c1cc(C)cc(C)c1)S(=O)(=O)c1ccc(C)cc1)c1cccc(NC(=O)c2ccccc2)c1. The van der Waals surface area contributed by atoms with E-state index in [4.69, 9.17) is 0 Å². The van der Waals surface area contributed by atoms with Gasteiger partial charge in [0.15, 0.2) is 0 Å². The minimum atomic E-state index is -4.05. The summed E-state index contributed by atoms with van der Waals surface area (Å²) in [5, 5.41) is 7.06. The Balaban J connectivity index is 1.53. The zero-order valence-electron chi connectivity index (χ0n) is 23.4. The number of hydrogen-bond donors (Lipinski definition) is 2. The Morgan fingerprint density at radius 3 is 2.05 bits per heavy atom. The molecule has 0 fully saturated rings. The molecule has 0 aliphatic rings. The Hall–Kier alpha value is -4.76. The van der Waals surface area contributed by atoms with Crippen molar-refractivity contribution in [2.24, 2.45) is 5.10 Å². The molecule has 0 spiro atoms. The van der Waals surface area contributed by atoms with Gasteiger partial charge in [0.05, 0.1) is 16.3 Å². The number of benzene rings is 4. The molecule has 41 heavy (non-hydrogen) atoms. The number of sulfonamides is 1. The Kier molecular flexibility index (Phi) is 8.99. The van der Waals surface area contributed by atoms with E-state index in [1.54, 1.807) is 79.7 Å². The second-order valence-corrected chi connectivity index (χ2v) is 11.7. The highest BCUT2D eigenvalue weighted by molar-refractivity contribution is 7.92. The molecule has 0 bridgehead atoms. The van der Waals surface area contributed by atoms with Crippen LogP contribution in [-0.2, 0) is 14.8 Å². The van der Waals surface area contributed by atoms with Crippen molar-refractivity contribution < 1.29 is 18.0 Å². The van der Waals surface area contributed by atoms with E-state index in [0.29, 0.717) is 28.2 Å². The second-order valence-electron chi connectivity index (χ2n) is 9.80. The third-order valence-electron chi connectivity index (χ3n) is 6.31. The summed E-state index contributed by atoms with van der Waals surface area (Å²) >= 11 is 0. The van der Waals surface area contributed by atoms with Crippen LogP contribution in [0.5, 0.6) is 0 Å². The summed E-state index contributed by atoms with van der Waals surface area (Å²) in [5.41, 5.74) is 7.80. The van der Waals surface area contributed by atoms with Crippen molar-refractivity contribution in [2.45, 2.75) is 32.6 Å². The third-order valence-corrected chi connectivity index (χ3v) is 8.10. The van der Waals surface area contributed by atoms with Crippen LogP contribution in [0.15, 0.2) is 107 Å². The fourth-order valence-corrected chi connectivity index (χ4v) is 5.64. The number of carbonyl (C=O) groups excluding carboxylic acids is 2. The summed E-state index contributed by atoms with van der Waals surface area (Å²) in [6, 6.07) is 27.8. The van der Waals surface area contributed by atoms with Crippen LogP contribution in [0.2, 0.25) is 0 Å². The highest BCUT2D eigenvalue weighted by atomic mass is 32.2. The van der Waals surface area contributed by atoms with Gasteiger partial charge in [-0.15, -0.1) is 0 Å². The summed E-state index contributed by atoms with van der Waals surface area (Å²) in [6.07, 6.45) is 0. The molecule has 2 amide bonds. The van der Waals surface area contributed by atoms with Crippen LogP contribution in [0.4, 0.5) is 11.4 Å². The molecule has 0 saturated carbocycles. The van der Waals surface area contributed by atoms with Crippen molar-refractivity contribution in [1.29, 1.82) is 0 Å². The van der Waals surface area contributed by atoms with Crippen LogP contribution < -0.4 is 15.0 Å². The van der Waals surface area contributed by atoms with Gasteiger partial charge in [0.2, 0.25) is 0 Å². The lowest BCUT2D eigenvalue weighted by Gasteiger charge is -2.24. The van der Waals surface area contributed by atoms with Gasteiger partial charge in [-0.1, -0.05) is 54.1 Å². The first-order valence-corrected chi connectivity index (χ1v) is 14.4. The number of amides is 2. The number of nitrogens with one attached hydrogen (secondary N) is 2. The number of rotatable bonds is 9. The largest absolute Gasteiger partial charge is 0.322 e. The Morgan fingerprint density at radius 2 is 1.39 bits per heavy atom. The van der Waals surface area contributed by atoms with E-state index in [2.05, 4.69) is 15.8 Å². The zero-order valence-corrected chi connectivity index (χ0v) is 24.2. The van der Waals surface area contributed by atoms with Crippen LogP contribution in [0.3, 0.4) is 0 Å². The molecule has 210 valence electrons. The first-order chi connectivity index (χ1) is 19.5. The van der Waals surface area contributed by atoms with Gasteiger partial charge in [-0.25, -0.2) is 13.8 Å². The summed E-state index contributed by atoms with van der Waals surface area (Å²) in [6.45, 7) is 6.86. The fraction of sp³-hybridized carbons (Fsp3) is 0.156. The summed E-state index contributed by atoms with van der Waals surface area (Å²) < 4.78 is 28.4. The summed E-state index contributed by atoms with van der Waals surface area (Å²) in [4.78, 5) is 25.7. The van der Waals surface area contributed by atoms with Crippen LogP contribution in [-0.4, -0.2) is 32.5 Å². The molecule has 0 atom stereocenters. The number of anilines is 2. The van der Waals surface area contributed by atoms with Crippen LogP contribution in [0.25, 0.3) is 0 Å². The number of carbonyl (C=O) groups is 2. The van der Waals surface area contributed by atoms with E-state index in [1.807, 2.05) is 32.9 Å². The molecular weight excluding hydrogens is 536 g/mol. The van der Waals surface area contributed by atoms with Gasteiger partial charge in [0.1, 0.15) is 6.54 Å². The molecule has 0 saturated heterocycles. The molecule has 8 nitrogen and oxygen atoms in total. The zero-order chi connectivity index (χ0) is 29.6. The van der Waals surface area contributed by atoms with Crippen molar-refractivity contribution in [1.82, 2.24) is 5.43 Å². The average Bonchev–Trinajstić information content (AvgIpc) is 2.95. The number of nitrogens with zero attached hydrogens (tertiary/aromatic N) is 2. The molecule has 0 heterocycles. The summed E-state index contributed by atoms with van der Waals surface area (Å²) in [7, 11) is -4.05. The van der Waals surface area contributed by atoms with Gasteiger partial charge in [-0.05, 0) is 92.9 Å². The van der Waals surface area contributed by atoms with Crippen molar-refractivity contribution >= 4 is 38.9 Å². The topological polar surface area (TPSA) is 108 Å². The van der Waals surface area contributed by atoms with Gasteiger partial charge in [0.25, 0.3) is 21.8 Å². The Labute approximate surface area is 240 Å². The molecule has 4 aromatic rings. The summed E-state index contributed by atoms with van der Waals surface area (Å²) in [5.74, 6) is -0.848. The predicted octanol–water partition coefficient (Wildman–Crippen LogP) is 5.60. The van der Waals surface area contributed by atoms with E-state index in [9.17, 15) is 18.0 Å². The Morgan fingerprint density at radius 1 is 0.756 bits per heavy atom.